The van der Waals surface area contributed by atoms with Gasteiger partial charge < -0.3 is 0 Å². The van der Waals surface area contributed by atoms with Gasteiger partial charge in [-0.1, -0.05) is 11.6 Å². The Morgan fingerprint density at radius 1 is 1.38 bits per heavy atom. The fourth-order valence-electron chi connectivity index (χ4n) is 1.95. The number of sulfonamides is 1. The first-order chi connectivity index (χ1) is 9.70. The topological polar surface area (TPSA) is 59.1 Å². The van der Waals surface area contributed by atoms with Gasteiger partial charge in [0.2, 0.25) is 10.0 Å². The smallest absolute Gasteiger partial charge is 0.241 e. The Hall–Kier alpha value is -0.470. The lowest BCUT2D eigenvalue weighted by atomic mass is 10.2. The number of halogens is 2. The maximum absolute atomic E-state index is 12.4. The Morgan fingerprint density at radius 2 is 2.05 bits per heavy atom. The molecule has 0 aliphatic heterocycles. The first-order valence-corrected chi connectivity index (χ1v) is 9.59. The molecule has 2 rings (SSSR count). The van der Waals surface area contributed by atoms with Crippen LogP contribution in [0.4, 0.5) is 0 Å². The molecule has 0 amide bonds. The van der Waals surface area contributed by atoms with Gasteiger partial charge in [-0.3, -0.25) is 0 Å². The Labute approximate surface area is 141 Å². The minimum Gasteiger partial charge on any atom is -0.247 e. The number of aryl methyl sites for hydroxylation is 2. The first-order valence-electron chi connectivity index (χ1n) is 6.12. The second-order valence-corrected chi connectivity index (χ2v) is 8.81. The summed E-state index contributed by atoms with van der Waals surface area (Å²) >= 11 is 10.6. The van der Waals surface area contributed by atoms with E-state index in [1.54, 1.807) is 6.07 Å². The third kappa shape index (κ3) is 3.84. The fourth-order valence-corrected chi connectivity index (χ4v) is 4.84. The average molecular weight is 410 g/mol. The lowest BCUT2D eigenvalue weighted by Crippen LogP contribution is -2.26. The van der Waals surface area contributed by atoms with E-state index in [1.165, 1.54) is 23.5 Å². The number of aromatic nitrogens is 1. The Kier molecular flexibility index (Phi) is 5.10. The lowest BCUT2D eigenvalue weighted by molar-refractivity contribution is 0.568. The zero-order chi connectivity index (χ0) is 15.8. The third-order valence-electron chi connectivity index (χ3n) is 2.87. The summed E-state index contributed by atoms with van der Waals surface area (Å²) in [5, 5.41) is 1.39. The monoisotopic (exact) mass is 408 g/mol. The Balaban J connectivity index is 2.28. The van der Waals surface area contributed by atoms with Crippen LogP contribution in [0.2, 0.25) is 5.02 Å². The minimum absolute atomic E-state index is 0.171. The molecule has 0 bridgehead atoms. The molecule has 0 fully saturated rings. The molecule has 1 aromatic carbocycles. The van der Waals surface area contributed by atoms with Crippen molar-refractivity contribution in [1.82, 2.24) is 9.71 Å². The summed E-state index contributed by atoms with van der Waals surface area (Å²) in [6, 6.07) is 4.18. The van der Waals surface area contributed by atoms with Gasteiger partial charge in [-0.2, -0.15) is 0 Å². The predicted molar refractivity (Wildman–Crippen MR) is 89.5 cm³/mol. The van der Waals surface area contributed by atoms with Gasteiger partial charge in [-0.25, -0.2) is 18.1 Å². The zero-order valence-electron chi connectivity index (χ0n) is 11.6. The average Bonchev–Trinajstić information content (AvgIpc) is 2.71. The lowest BCUT2D eigenvalue weighted by Gasteiger charge is -2.14. The summed E-state index contributed by atoms with van der Waals surface area (Å²) in [5.74, 6) is 0. The highest BCUT2D eigenvalue weighted by Gasteiger charge is 2.21. The number of hydrogen-bond acceptors (Lipinski definition) is 4. The SMILES string of the molecule is Cc1nc(C)c(C(C)NS(=O)(=O)c2ccc(Cl)c(Br)c2)s1. The standard InChI is InChI=1S/C13H14BrClN2O2S2/c1-7-13(20-9(3)16-7)8(2)17-21(18,19)10-4-5-12(15)11(14)6-10/h4-6,8,17H,1-3H3. The van der Waals surface area contributed by atoms with E-state index in [0.29, 0.717) is 9.50 Å². The third-order valence-corrected chi connectivity index (χ3v) is 6.87. The number of nitrogens with zero attached hydrogens (tertiary/aromatic N) is 1. The van der Waals surface area contributed by atoms with Gasteiger partial charge in [0.25, 0.3) is 0 Å². The van der Waals surface area contributed by atoms with Crippen molar-refractivity contribution in [1.29, 1.82) is 0 Å². The molecule has 0 radical (unpaired) electrons. The van der Waals surface area contributed by atoms with E-state index < -0.39 is 10.0 Å². The molecule has 0 aliphatic carbocycles. The van der Waals surface area contributed by atoms with Crippen LogP contribution in [0.25, 0.3) is 0 Å². The van der Waals surface area contributed by atoms with Gasteiger partial charge in [0.15, 0.2) is 0 Å². The number of rotatable bonds is 4. The maximum Gasteiger partial charge on any atom is 0.241 e. The highest BCUT2D eigenvalue weighted by atomic mass is 79.9. The van der Waals surface area contributed by atoms with Gasteiger partial charge in [0.1, 0.15) is 0 Å². The van der Waals surface area contributed by atoms with E-state index in [-0.39, 0.29) is 10.9 Å². The molecule has 8 heteroatoms. The number of thiazole rings is 1. The predicted octanol–water partition coefficient (Wildman–Crippen LogP) is 4.22. The van der Waals surface area contributed by atoms with E-state index >= 15 is 0 Å². The van der Waals surface area contributed by atoms with Crippen LogP contribution in [0.15, 0.2) is 27.6 Å². The van der Waals surface area contributed by atoms with E-state index in [1.807, 2.05) is 20.8 Å². The van der Waals surface area contributed by atoms with Crippen LogP contribution in [0.5, 0.6) is 0 Å². The minimum atomic E-state index is -3.61. The van der Waals surface area contributed by atoms with Crippen molar-refractivity contribution < 1.29 is 8.42 Å². The zero-order valence-corrected chi connectivity index (χ0v) is 15.6. The molecule has 1 atom stereocenters. The second-order valence-electron chi connectivity index (χ2n) is 4.60. The Bertz CT molecular complexity index is 774. The van der Waals surface area contributed by atoms with Gasteiger partial charge in [-0.15, -0.1) is 11.3 Å². The van der Waals surface area contributed by atoms with Crippen molar-refractivity contribution in [3.05, 3.63) is 43.3 Å². The summed E-state index contributed by atoms with van der Waals surface area (Å²) in [4.78, 5) is 5.41. The summed E-state index contributed by atoms with van der Waals surface area (Å²) in [7, 11) is -3.61. The van der Waals surface area contributed by atoms with Crippen LogP contribution in [0.3, 0.4) is 0 Å². The Morgan fingerprint density at radius 3 is 2.57 bits per heavy atom. The molecule has 1 N–H and O–H groups in total. The largest absolute Gasteiger partial charge is 0.247 e. The van der Waals surface area contributed by atoms with Gasteiger partial charge in [0.05, 0.1) is 26.7 Å². The van der Waals surface area contributed by atoms with E-state index in [2.05, 4.69) is 25.6 Å². The molecule has 114 valence electrons. The molecule has 4 nitrogen and oxygen atoms in total. The normalized spacial score (nSPS) is 13.4. The quantitative estimate of drug-likeness (QED) is 0.822. The van der Waals surface area contributed by atoms with Crippen LogP contribution >= 0.6 is 38.9 Å². The molecular weight excluding hydrogens is 396 g/mol. The fraction of sp³-hybridized carbons (Fsp3) is 0.308. The number of nitrogens with one attached hydrogen (secondary N) is 1. The van der Waals surface area contributed by atoms with E-state index in [4.69, 9.17) is 11.6 Å². The van der Waals surface area contributed by atoms with Crippen molar-refractivity contribution in [2.75, 3.05) is 0 Å². The van der Waals surface area contributed by atoms with E-state index in [9.17, 15) is 8.42 Å². The molecule has 21 heavy (non-hydrogen) atoms. The molecule has 0 spiro atoms. The van der Waals surface area contributed by atoms with E-state index in [0.717, 1.165) is 15.6 Å². The van der Waals surface area contributed by atoms with Crippen LogP contribution < -0.4 is 4.72 Å². The summed E-state index contributed by atoms with van der Waals surface area (Å²) in [5.41, 5.74) is 0.852. The van der Waals surface area contributed by atoms with Crippen molar-refractivity contribution in [2.24, 2.45) is 0 Å². The number of hydrogen-bond donors (Lipinski definition) is 1. The molecule has 1 unspecified atom stereocenters. The number of benzene rings is 1. The molecule has 1 aromatic heterocycles. The molecule has 2 aromatic rings. The van der Waals surface area contributed by atoms with Crippen LogP contribution in [0, 0.1) is 13.8 Å². The van der Waals surface area contributed by atoms with Crippen molar-refractivity contribution >= 4 is 48.9 Å². The highest BCUT2D eigenvalue weighted by molar-refractivity contribution is 9.10. The molecular formula is C13H14BrClN2O2S2. The van der Waals surface area contributed by atoms with Gasteiger partial charge >= 0.3 is 0 Å². The molecule has 0 aliphatic rings. The van der Waals surface area contributed by atoms with Gasteiger partial charge in [0, 0.05) is 9.35 Å². The van der Waals surface area contributed by atoms with Crippen LogP contribution in [0.1, 0.15) is 28.5 Å². The van der Waals surface area contributed by atoms with Crippen molar-refractivity contribution in [3.63, 3.8) is 0 Å². The van der Waals surface area contributed by atoms with Crippen molar-refractivity contribution in [2.45, 2.75) is 31.7 Å². The molecule has 1 heterocycles. The first kappa shape index (κ1) is 16.9. The van der Waals surface area contributed by atoms with Crippen molar-refractivity contribution in [3.8, 4) is 0 Å². The maximum atomic E-state index is 12.4. The van der Waals surface area contributed by atoms with Gasteiger partial charge in [-0.05, 0) is 54.9 Å². The molecule has 0 saturated heterocycles. The van der Waals surface area contributed by atoms with Crippen LogP contribution in [-0.4, -0.2) is 13.4 Å². The molecule has 0 saturated carbocycles. The highest BCUT2D eigenvalue weighted by Crippen LogP contribution is 2.28. The summed E-state index contributed by atoms with van der Waals surface area (Å²) in [6.07, 6.45) is 0. The second kappa shape index (κ2) is 6.34. The summed E-state index contributed by atoms with van der Waals surface area (Å²) in [6.45, 7) is 5.59. The summed E-state index contributed by atoms with van der Waals surface area (Å²) < 4.78 is 28.0. The van der Waals surface area contributed by atoms with Crippen LogP contribution in [-0.2, 0) is 10.0 Å².